The summed E-state index contributed by atoms with van der Waals surface area (Å²) in [5.41, 5.74) is 5.82. The molecule has 0 bridgehead atoms. The maximum Gasteiger partial charge on any atom is 0.410 e. The maximum atomic E-state index is 12.3. The topological polar surface area (TPSA) is 55.3 Å². The van der Waals surface area contributed by atoms with Gasteiger partial charge in [0.25, 0.3) is 0 Å². The molecule has 1 amide bonds. The number of rotatable bonds is 2. The lowest BCUT2D eigenvalue weighted by molar-refractivity contribution is 0.0205. The number of benzene rings is 1. The number of pyridine rings is 1. The molecule has 3 heterocycles. The maximum absolute atomic E-state index is 12.3. The van der Waals surface area contributed by atoms with E-state index in [2.05, 4.69) is 35.3 Å². The summed E-state index contributed by atoms with van der Waals surface area (Å²) in [4.78, 5) is 24.8. The van der Waals surface area contributed by atoms with E-state index in [-0.39, 0.29) is 6.09 Å². The van der Waals surface area contributed by atoms with Gasteiger partial charge in [-0.3, -0.25) is 4.98 Å². The number of fused-ring (bicyclic) bond motifs is 3. The van der Waals surface area contributed by atoms with E-state index in [1.807, 2.05) is 38.1 Å². The fourth-order valence-electron chi connectivity index (χ4n) is 4.48. The Balaban J connectivity index is 1.33. The minimum absolute atomic E-state index is 0.211. The molecular weight excluding hydrogens is 406 g/mol. The van der Waals surface area contributed by atoms with Crippen LogP contribution in [0.4, 0.5) is 4.79 Å². The van der Waals surface area contributed by atoms with Gasteiger partial charge in [-0.15, -0.1) is 11.3 Å². The number of ether oxygens (including phenoxy) is 1. The molecule has 1 fully saturated rings. The van der Waals surface area contributed by atoms with E-state index in [0.29, 0.717) is 19.0 Å². The molecule has 0 saturated carbocycles. The molecule has 160 valence electrons. The minimum atomic E-state index is -0.457. The predicted molar refractivity (Wildman–Crippen MR) is 123 cm³/mol. The van der Waals surface area contributed by atoms with E-state index < -0.39 is 5.60 Å². The Morgan fingerprint density at radius 1 is 1.10 bits per heavy atom. The Kier molecular flexibility index (Phi) is 5.05. The molecule has 2 aromatic heterocycles. The molecule has 2 aliphatic rings. The van der Waals surface area contributed by atoms with Crippen LogP contribution >= 0.6 is 11.3 Å². The molecule has 6 heteroatoms. The van der Waals surface area contributed by atoms with Gasteiger partial charge < -0.3 is 9.64 Å². The zero-order valence-electron chi connectivity index (χ0n) is 18.2. The highest BCUT2D eigenvalue weighted by molar-refractivity contribution is 7.15. The SMILES string of the molecule is CC(C)(C)OC(=O)N1CCC(c2ncc(-c3ccnc4c3-c3ccccc3C4)s2)CC1. The van der Waals surface area contributed by atoms with Crippen molar-refractivity contribution in [1.29, 1.82) is 0 Å². The van der Waals surface area contributed by atoms with Crippen LogP contribution in [-0.4, -0.2) is 39.7 Å². The Morgan fingerprint density at radius 3 is 2.65 bits per heavy atom. The molecule has 1 aliphatic heterocycles. The van der Waals surface area contributed by atoms with Crippen LogP contribution in [0.3, 0.4) is 0 Å². The Morgan fingerprint density at radius 2 is 1.87 bits per heavy atom. The summed E-state index contributed by atoms with van der Waals surface area (Å²) in [6.07, 6.45) is 6.45. The number of hydrogen-bond acceptors (Lipinski definition) is 5. The number of likely N-dealkylation sites (tertiary alicyclic amines) is 1. The van der Waals surface area contributed by atoms with Gasteiger partial charge in [-0.2, -0.15) is 0 Å². The van der Waals surface area contributed by atoms with Gasteiger partial charge in [0.05, 0.1) is 15.6 Å². The first-order valence-electron chi connectivity index (χ1n) is 10.9. The molecule has 31 heavy (non-hydrogen) atoms. The van der Waals surface area contributed by atoms with Gasteiger partial charge in [0.15, 0.2) is 0 Å². The standard InChI is InChI=1S/C25H27N3O2S/c1-25(2,3)30-24(29)28-12-9-16(10-13-28)23-27-15-21(31-23)19-8-11-26-20-14-17-6-4-5-7-18(17)22(19)20/h4-8,11,15-16H,9-10,12-14H2,1-3H3. The number of thiazole rings is 1. The van der Waals surface area contributed by atoms with Crippen LogP contribution in [-0.2, 0) is 11.2 Å². The Hall–Kier alpha value is -2.73. The van der Waals surface area contributed by atoms with Gasteiger partial charge in [-0.25, -0.2) is 9.78 Å². The summed E-state index contributed by atoms with van der Waals surface area (Å²) in [6.45, 7) is 7.15. The third-order valence-electron chi connectivity index (χ3n) is 5.96. The van der Waals surface area contributed by atoms with E-state index in [1.165, 1.54) is 27.1 Å². The van der Waals surface area contributed by atoms with Crippen molar-refractivity contribution >= 4 is 17.4 Å². The predicted octanol–water partition coefficient (Wildman–Crippen LogP) is 5.89. The second-order valence-corrected chi connectivity index (χ2v) is 10.4. The van der Waals surface area contributed by atoms with E-state index >= 15 is 0 Å². The average molecular weight is 434 g/mol. The first-order valence-corrected chi connectivity index (χ1v) is 11.7. The molecular formula is C25H27N3O2S. The molecule has 1 saturated heterocycles. The van der Waals surface area contributed by atoms with E-state index in [4.69, 9.17) is 9.72 Å². The van der Waals surface area contributed by atoms with Crippen molar-refractivity contribution in [2.45, 2.75) is 51.6 Å². The van der Waals surface area contributed by atoms with E-state index in [1.54, 1.807) is 11.3 Å². The molecule has 0 N–H and O–H groups in total. The van der Waals surface area contributed by atoms with Crippen molar-refractivity contribution in [1.82, 2.24) is 14.9 Å². The summed E-state index contributed by atoms with van der Waals surface area (Å²) < 4.78 is 5.52. The largest absolute Gasteiger partial charge is 0.444 e. The summed E-state index contributed by atoms with van der Waals surface area (Å²) >= 11 is 1.78. The first-order chi connectivity index (χ1) is 14.9. The average Bonchev–Trinajstić information content (AvgIpc) is 3.37. The van der Waals surface area contributed by atoms with Gasteiger partial charge in [-0.1, -0.05) is 24.3 Å². The van der Waals surface area contributed by atoms with Crippen molar-refractivity contribution < 1.29 is 9.53 Å². The zero-order valence-corrected chi connectivity index (χ0v) is 19.0. The van der Waals surface area contributed by atoms with E-state index in [9.17, 15) is 4.79 Å². The molecule has 0 unspecified atom stereocenters. The lowest BCUT2D eigenvalue weighted by Crippen LogP contribution is -2.41. The normalized spacial score (nSPS) is 16.2. The minimum Gasteiger partial charge on any atom is -0.444 e. The van der Waals surface area contributed by atoms with Crippen LogP contribution in [0.5, 0.6) is 0 Å². The molecule has 5 nitrogen and oxygen atoms in total. The highest BCUT2D eigenvalue weighted by atomic mass is 32.1. The number of piperidine rings is 1. The highest BCUT2D eigenvalue weighted by Crippen LogP contribution is 2.44. The highest BCUT2D eigenvalue weighted by Gasteiger charge is 2.29. The monoisotopic (exact) mass is 433 g/mol. The van der Waals surface area contributed by atoms with Crippen LogP contribution in [0.2, 0.25) is 0 Å². The Bertz CT molecular complexity index is 1120. The third-order valence-corrected chi connectivity index (χ3v) is 7.15. The second kappa shape index (κ2) is 7.75. The molecule has 1 aromatic carbocycles. The molecule has 0 atom stereocenters. The molecule has 1 aliphatic carbocycles. The van der Waals surface area contributed by atoms with Gasteiger partial charge in [0.2, 0.25) is 0 Å². The first kappa shape index (κ1) is 20.2. The fourth-order valence-corrected chi connectivity index (χ4v) is 5.60. The summed E-state index contributed by atoms with van der Waals surface area (Å²) in [5.74, 6) is 0.389. The summed E-state index contributed by atoms with van der Waals surface area (Å²) in [7, 11) is 0. The van der Waals surface area contributed by atoms with Crippen LogP contribution in [0.1, 0.15) is 55.8 Å². The number of nitrogens with zero attached hydrogens (tertiary/aromatic N) is 3. The summed E-state index contributed by atoms with van der Waals surface area (Å²) in [5, 5.41) is 1.16. The lowest BCUT2D eigenvalue weighted by Gasteiger charge is -2.32. The van der Waals surface area contributed by atoms with Crippen LogP contribution < -0.4 is 0 Å². The smallest absolute Gasteiger partial charge is 0.410 e. The summed E-state index contributed by atoms with van der Waals surface area (Å²) in [6, 6.07) is 10.7. The molecule has 3 aromatic rings. The van der Waals surface area contributed by atoms with Crippen molar-refractivity contribution in [3.8, 4) is 21.6 Å². The number of amides is 1. The van der Waals surface area contributed by atoms with Crippen LogP contribution in [0.25, 0.3) is 21.6 Å². The Labute approximate surface area is 187 Å². The van der Waals surface area contributed by atoms with Gasteiger partial charge in [-0.05, 0) is 50.8 Å². The third kappa shape index (κ3) is 3.97. The zero-order chi connectivity index (χ0) is 21.6. The van der Waals surface area contributed by atoms with E-state index in [0.717, 1.165) is 30.0 Å². The van der Waals surface area contributed by atoms with Crippen LogP contribution in [0.15, 0.2) is 42.7 Å². The molecule has 0 spiro atoms. The van der Waals surface area contributed by atoms with Gasteiger partial charge >= 0.3 is 6.09 Å². The number of aromatic nitrogens is 2. The second-order valence-electron chi connectivity index (χ2n) is 9.32. The van der Waals surface area contributed by atoms with Crippen molar-refractivity contribution in [2.24, 2.45) is 0 Å². The molecule has 5 rings (SSSR count). The number of carbonyl (C=O) groups excluding carboxylic acids is 1. The van der Waals surface area contributed by atoms with Crippen LogP contribution in [0, 0.1) is 0 Å². The van der Waals surface area contributed by atoms with Crippen molar-refractivity contribution in [3.63, 3.8) is 0 Å². The molecule has 0 radical (unpaired) electrons. The lowest BCUT2D eigenvalue weighted by atomic mass is 9.98. The number of hydrogen-bond donors (Lipinski definition) is 0. The quantitative estimate of drug-likeness (QED) is 0.395. The van der Waals surface area contributed by atoms with Crippen molar-refractivity contribution in [3.05, 3.63) is 59.0 Å². The number of carbonyl (C=O) groups is 1. The van der Waals surface area contributed by atoms with Gasteiger partial charge in [0, 0.05) is 48.9 Å². The van der Waals surface area contributed by atoms with Gasteiger partial charge in [0.1, 0.15) is 5.60 Å². The van der Waals surface area contributed by atoms with Crippen molar-refractivity contribution in [2.75, 3.05) is 13.1 Å². The fraction of sp³-hybridized carbons (Fsp3) is 0.400.